The van der Waals surface area contributed by atoms with Crippen LogP contribution in [0.25, 0.3) is 0 Å². The Kier molecular flexibility index (Phi) is 4.66. The van der Waals surface area contributed by atoms with E-state index in [4.69, 9.17) is 0 Å². The van der Waals surface area contributed by atoms with Gasteiger partial charge in [0.15, 0.2) is 0 Å². The Bertz CT molecular complexity index is 581. The van der Waals surface area contributed by atoms with Crippen LogP contribution in [0.3, 0.4) is 0 Å². The van der Waals surface area contributed by atoms with Crippen LogP contribution in [0.5, 0.6) is 0 Å². The van der Waals surface area contributed by atoms with E-state index in [1.165, 1.54) is 31.3 Å². The monoisotopic (exact) mass is 314 g/mol. The van der Waals surface area contributed by atoms with Gasteiger partial charge >= 0.3 is 0 Å². The molecule has 2 N–H and O–H groups in total. The van der Waals surface area contributed by atoms with Crippen LogP contribution in [0.4, 0.5) is 0 Å². The van der Waals surface area contributed by atoms with E-state index < -0.39 is 12.2 Å². The maximum Gasteiger partial charge on any atom is 0.0811 e. The summed E-state index contributed by atoms with van der Waals surface area (Å²) < 4.78 is 0. The van der Waals surface area contributed by atoms with E-state index in [-0.39, 0.29) is 0 Å². The van der Waals surface area contributed by atoms with Gasteiger partial charge in [0.25, 0.3) is 0 Å². The lowest BCUT2D eigenvalue weighted by molar-refractivity contribution is 0.0862. The molecule has 2 heteroatoms. The van der Waals surface area contributed by atoms with Crippen molar-refractivity contribution in [2.24, 2.45) is 11.3 Å². The van der Waals surface area contributed by atoms with Crippen molar-refractivity contribution in [1.29, 1.82) is 0 Å². The zero-order valence-corrected chi connectivity index (χ0v) is 14.5. The number of hydrogen-bond donors (Lipinski definition) is 2. The van der Waals surface area contributed by atoms with Crippen LogP contribution < -0.4 is 0 Å². The Morgan fingerprint density at radius 1 is 1.35 bits per heavy atom. The molecule has 2 nitrogen and oxygen atoms in total. The van der Waals surface area contributed by atoms with Crippen molar-refractivity contribution >= 4 is 0 Å². The lowest BCUT2D eigenvalue weighted by Crippen LogP contribution is -2.30. The summed E-state index contributed by atoms with van der Waals surface area (Å²) in [6.45, 7) is 8.72. The summed E-state index contributed by atoms with van der Waals surface area (Å²) in [5.74, 6) is 0.634. The van der Waals surface area contributed by atoms with Crippen molar-refractivity contribution in [1.82, 2.24) is 0 Å². The summed E-state index contributed by atoms with van der Waals surface area (Å²) in [6, 6.07) is 0. The predicted molar refractivity (Wildman–Crippen MR) is 95.0 cm³/mol. The predicted octanol–water partition coefficient (Wildman–Crippen LogP) is 4.46. The number of aliphatic hydroxyl groups excluding tert-OH is 2. The Hall–Kier alpha value is -1.12. The Labute approximate surface area is 140 Å². The zero-order chi connectivity index (χ0) is 16.6. The minimum Gasteiger partial charge on any atom is -0.393 e. The molecule has 3 aliphatic rings. The van der Waals surface area contributed by atoms with Crippen LogP contribution in [0, 0.1) is 11.3 Å². The first-order chi connectivity index (χ1) is 11.0. The molecule has 0 aromatic carbocycles. The molecule has 0 amide bonds. The minimum atomic E-state index is -0.597. The van der Waals surface area contributed by atoms with Gasteiger partial charge in [-0.05, 0) is 61.0 Å². The van der Waals surface area contributed by atoms with Crippen LogP contribution in [-0.4, -0.2) is 22.4 Å². The number of fused-ring (bicyclic) bond motifs is 1. The summed E-state index contributed by atoms with van der Waals surface area (Å²) in [4.78, 5) is 0. The standard InChI is InChI=1S/C21H30O2/c1-4-17-9-10-19-15(6-5-11-21(17,19)3)7-8-16-12-18(22)13-20(23)14(16)2/h7-9,18-20,22-23H,2,4-6,10-13H2,1,3H3/b15-7+,16-8-/t18?,19?,20?,21-/m1/s1. The van der Waals surface area contributed by atoms with Gasteiger partial charge in [0.05, 0.1) is 12.2 Å². The van der Waals surface area contributed by atoms with Crippen LogP contribution in [0.15, 0.2) is 47.1 Å². The van der Waals surface area contributed by atoms with Crippen LogP contribution in [0.2, 0.25) is 0 Å². The number of aliphatic hydroxyl groups is 2. The molecule has 0 saturated heterocycles. The minimum absolute atomic E-state index is 0.347. The molecule has 23 heavy (non-hydrogen) atoms. The van der Waals surface area contributed by atoms with Gasteiger partial charge in [-0.15, -0.1) is 0 Å². The molecule has 3 rings (SSSR count). The highest BCUT2D eigenvalue weighted by Crippen LogP contribution is 2.55. The first-order valence-electron chi connectivity index (χ1n) is 9.10. The van der Waals surface area contributed by atoms with Crippen molar-refractivity contribution in [3.8, 4) is 0 Å². The second-order valence-corrected chi connectivity index (χ2v) is 7.71. The third-order valence-electron chi connectivity index (χ3n) is 6.36. The van der Waals surface area contributed by atoms with Crippen molar-refractivity contribution < 1.29 is 10.2 Å². The second kappa shape index (κ2) is 6.41. The van der Waals surface area contributed by atoms with E-state index in [9.17, 15) is 10.2 Å². The summed E-state index contributed by atoms with van der Waals surface area (Å²) in [5, 5.41) is 19.9. The largest absolute Gasteiger partial charge is 0.393 e. The molecule has 0 heterocycles. The smallest absolute Gasteiger partial charge is 0.0811 e. The highest BCUT2D eigenvalue weighted by Gasteiger charge is 2.43. The molecule has 0 aromatic heterocycles. The van der Waals surface area contributed by atoms with E-state index in [1.54, 1.807) is 5.57 Å². The van der Waals surface area contributed by atoms with Crippen LogP contribution in [-0.2, 0) is 0 Å². The van der Waals surface area contributed by atoms with Gasteiger partial charge < -0.3 is 10.2 Å². The molecule has 2 fully saturated rings. The van der Waals surface area contributed by atoms with E-state index >= 15 is 0 Å². The van der Waals surface area contributed by atoms with Crippen LogP contribution >= 0.6 is 0 Å². The van der Waals surface area contributed by atoms with Gasteiger partial charge in [0.2, 0.25) is 0 Å². The fourth-order valence-corrected chi connectivity index (χ4v) is 4.92. The van der Waals surface area contributed by atoms with Crippen molar-refractivity contribution in [2.45, 2.75) is 71.0 Å². The second-order valence-electron chi connectivity index (χ2n) is 7.71. The molecule has 0 aliphatic heterocycles. The number of rotatable bonds is 2. The third kappa shape index (κ3) is 2.99. The summed E-state index contributed by atoms with van der Waals surface area (Å²) in [5.41, 5.74) is 5.31. The SMILES string of the molecule is C=C1/C(=C\C=C2/CCC[C@]3(C)C(CC)=CCC23)CC(O)CC1O. The summed E-state index contributed by atoms with van der Waals surface area (Å²) in [7, 11) is 0. The first kappa shape index (κ1) is 16.7. The highest BCUT2D eigenvalue weighted by atomic mass is 16.3. The van der Waals surface area contributed by atoms with E-state index in [2.05, 4.69) is 38.7 Å². The molecule has 3 aliphatic carbocycles. The fraction of sp³-hybridized carbons (Fsp3) is 0.619. The Morgan fingerprint density at radius 3 is 2.87 bits per heavy atom. The number of hydrogen-bond acceptors (Lipinski definition) is 2. The van der Waals surface area contributed by atoms with E-state index in [0.29, 0.717) is 24.2 Å². The molecule has 4 atom stereocenters. The third-order valence-corrected chi connectivity index (χ3v) is 6.36. The van der Waals surface area contributed by atoms with Crippen molar-refractivity contribution in [3.63, 3.8) is 0 Å². The zero-order valence-electron chi connectivity index (χ0n) is 14.5. The van der Waals surface area contributed by atoms with Gasteiger partial charge in [-0.25, -0.2) is 0 Å². The normalized spacial score (nSPS) is 41.3. The van der Waals surface area contributed by atoms with Crippen molar-refractivity contribution in [3.05, 3.63) is 47.1 Å². The molecular formula is C21H30O2. The van der Waals surface area contributed by atoms with Gasteiger partial charge in [-0.3, -0.25) is 0 Å². The quantitative estimate of drug-likeness (QED) is 0.739. The fourth-order valence-electron chi connectivity index (χ4n) is 4.92. The molecule has 0 radical (unpaired) electrons. The molecular weight excluding hydrogens is 284 g/mol. The van der Waals surface area contributed by atoms with E-state index in [0.717, 1.165) is 17.6 Å². The maximum atomic E-state index is 9.98. The average Bonchev–Trinajstić information content (AvgIpc) is 2.86. The van der Waals surface area contributed by atoms with Gasteiger partial charge in [-0.1, -0.05) is 49.8 Å². The topological polar surface area (TPSA) is 40.5 Å². The summed E-state index contributed by atoms with van der Waals surface area (Å²) in [6.07, 6.45) is 12.9. The summed E-state index contributed by atoms with van der Waals surface area (Å²) >= 11 is 0. The van der Waals surface area contributed by atoms with Gasteiger partial charge in [0, 0.05) is 6.42 Å². The lowest BCUT2D eigenvalue weighted by Gasteiger charge is -2.41. The average molecular weight is 314 g/mol. The molecule has 3 unspecified atom stereocenters. The lowest BCUT2D eigenvalue weighted by atomic mass is 9.64. The van der Waals surface area contributed by atoms with Crippen molar-refractivity contribution in [2.75, 3.05) is 0 Å². The Balaban J connectivity index is 1.83. The number of allylic oxidation sites excluding steroid dienone is 5. The molecule has 2 saturated carbocycles. The molecule has 0 spiro atoms. The molecule has 0 aromatic rings. The highest BCUT2D eigenvalue weighted by molar-refractivity contribution is 5.40. The first-order valence-corrected chi connectivity index (χ1v) is 9.10. The van der Waals surface area contributed by atoms with Gasteiger partial charge in [0.1, 0.15) is 0 Å². The molecule has 0 bridgehead atoms. The Morgan fingerprint density at radius 2 is 2.13 bits per heavy atom. The molecule has 126 valence electrons. The van der Waals surface area contributed by atoms with Crippen LogP contribution in [0.1, 0.15) is 58.8 Å². The maximum absolute atomic E-state index is 9.98. The van der Waals surface area contributed by atoms with Gasteiger partial charge in [-0.2, -0.15) is 0 Å². The van der Waals surface area contributed by atoms with E-state index in [1.807, 2.05) is 0 Å².